The highest BCUT2D eigenvalue weighted by atomic mass is 127. The van der Waals surface area contributed by atoms with E-state index in [1.165, 1.54) is 16.5 Å². The second-order valence-corrected chi connectivity index (χ2v) is 6.74. The van der Waals surface area contributed by atoms with Crippen LogP contribution in [0.1, 0.15) is 31.2 Å². The minimum atomic E-state index is 0. The zero-order chi connectivity index (χ0) is 19.8. The molecule has 0 saturated heterocycles. The van der Waals surface area contributed by atoms with Gasteiger partial charge in [0.2, 0.25) is 0 Å². The van der Waals surface area contributed by atoms with Crippen LogP contribution in [0.4, 0.5) is 0 Å². The summed E-state index contributed by atoms with van der Waals surface area (Å²) in [6, 6.07) is 12.6. The summed E-state index contributed by atoms with van der Waals surface area (Å²) in [4.78, 5) is 10.1. The van der Waals surface area contributed by atoms with Crippen LogP contribution in [0.15, 0.2) is 58.3 Å². The molecular weight excluding hydrogens is 477 g/mol. The van der Waals surface area contributed by atoms with Crippen molar-refractivity contribution < 1.29 is 4.42 Å². The number of hydrogen-bond acceptors (Lipinski definition) is 3. The number of rotatable bonds is 9. The molecule has 0 saturated carbocycles. The Balaban J connectivity index is 0.00000300. The van der Waals surface area contributed by atoms with Crippen LogP contribution in [0.3, 0.4) is 0 Å². The molecule has 1 aromatic carbocycles. The van der Waals surface area contributed by atoms with E-state index < -0.39 is 0 Å². The summed E-state index contributed by atoms with van der Waals surface area (Å²) in [5.74, 6) is 1.79. The van der Waals surface area contributed by atoms with Crippen molar-refractivity contribution in [2.45, 2.75) is 26.3 Å². The van der Waals surface area contributed by atoms with Crippen molar-refractivity contribution in [2.24, 2.45) is 4.99 Å². The van der Waals surface area contributed by atoms with Gasteiger partial charge in [-0.25, -0.2) is 0 Å². The highest BCUT2D eigenvalue weighted by Crippen LogP contribution is 2.20. The van der Waals surface area contributed by atoms with Gasteiger partial charge in [0.1, 0.15) is 5.76 Å². The van der Waals surface area contributed by atoms with Gasteiger partial charge in [-0.3, -0.25) is 9.89 Å². The maximum absolute atomic E-state index is 5.67. The number of benzene rings is 1. The molecule has 0 radical (unpaired) electrons. The lowest BCUT2D eigenvalue weighted by atomic mass is 10.1. The third-order valence-corrected chi connectivity index (χ3v) is 5.17. The fraction of sp³-hybridized carbons (Fsp3) is 0.409. The summed E-state index contributed by atoms with van der Waals surface area (Å²) in [7, 11) is 1.81. The summed E-state index contributed by atoms with van der Waals surface area (Å²) in [6.07, 6.45) is 4.76. The molecule has 0 aliphatic carbocycles. The molecule has 2 aromatic heterocycles. The number of likely N-dealkylation sites (N-methyl/N-ethyl adjacent to an activating group) is 1. The summed E-state index contributed by atoms with van der Waals surface area (Å²) in [5, 5.41) is 8.16. The van der Waals surface area contributed by atoms with Crippen molar-refractivity contribution in [1.29, 1.82) is 0 Å². The van der Waals surface area contributed by atoms with E-state index in [1.54, 1.807) is 13.3 Å². The topological polar surface area (TPSA) is 68.6 Å². The first kappa shape index (κ1) is 23.3. The van der Waals surface area contributed by atoms with E-state index in [4.69, 9.17) is 4.42 Å². The smallest absolute Gasteiger partial charge is 0.191 e. The number of nitrogens with zero attached hydrogens (tertiary/aromatic N) is 2. The molecule has 158 valence electrons. The third-order valence-electron chi connectivity index (χ3n) is 5.17. The number of para-hydroxylation sites is 1. The van der Waals surface area contributed by atoms with Gasteiger partial charge in [-0.2, -0.15) is 0 Å². The lowest BCUT2D eigenvalue weighted by Crippen LogP contribution is -2.43. The molecule has 0 fully saturated rings. The van der Waals surface area contributed by atoms with Gasteiger partial charge in [-0.05, 0) is 43.3 Å². The molecule has 29 heavy (non-hydrogen) atoms. The average molecular weight is 509 g/mol. The normalized spacial score (nSPS) is 12.8. The molecular formula is C22H32IN5O. The van der Waals surface area contributed by atoms with Crippen LogP contribution in [0.25, 0.3) is 10.9 Å². The number of guanidine groups is 1. The third kappa shape index (κ3) is 5.99. The predicted molar refractivity (Wildman–Crippen MR) is 131 cm³/mol. The van der Waals surface area contributed by atoms with E-state index in [1.807, 2.05) is 12.1 Å². The van der Waals surface area contributed by atoms with Crippen molar-refractivity contribution >= 4 is 40.8 Å². The molecule has 0 bridgehead atoms. The standard InChI is InChI=1S/C22H31N5O.HI/c1-4-27(5-2)20(21-11-8-14-28-21)16-26-22(23-3)24-13-12-17-15-25-19-10-7-6-9-18(17)19;/h6-11,14-15,20,25H,4-5,12-13,16H2,1-3H3,(H2,23,24,26);1H. The fourth-order valence-electron chi connectivity index (χ4n) is 3.62. The largest absolute Gasteiger partial charge is 0.468 e. The Morgan fingerprint density at radius 2 is 1.93 bits per heavy atom. The zero-order valence-electron chi connectivity index (χ0n) is 17.4. The lowest BCUT2D eigenvalue weighted by Gasteiger charge is -2.28. The van der Waals surface area contributed by atoms with E-state index in [2.05, 4.69) is 69.8 Å². The Kier molecular flexibility index (Phi) is 9.53. The van der Waals surface area contributed by atoms with Crippen LogP contribution in [-0.2, 0) is 6.42 Å². The van der Waals surface area contributed by atoms with Crippen LogP contribution in [0.5, 0.6) is 0 Å². The van der Waals surface area contributed by atoms with E-state index in [0.717, 1.165) is 44.3 Å². The van der Waals surface area contributed by atoms with Gasteiger partial charge in [0.25, 0.3) is 0 Å². The minimum absolute atomic E-state index is 0. The minimum Gasteiger partial charge on any atom is -0.468 e. The molecule has 1 atom stereocenters. The van der Waals surface area contributed by atoms with Crippen molar-refractivity contribution in [3.63, 3.8) is 0 Å². The number of fused-ring (bicyclic) bond motifs is 1. The average Bonchev–Trinajstić information content (AvgIpc) is 3.40. The molecule has 6 nitrogen and oxygen atoms in total. The Labute approximate surface area is 190 Å². The molecule has 3 aromatic rings. The number of aromatic nitrogens is 1. The van der Waals surface area contributed by atoms with Crippen LogP contribution in [0.2, 0.25) is 0 Å². The van der Waals surface area contributed by atoms with Crippen LogP contribution < -0.4 is 10.6 Å². The highest BCUT2D eigenvalue weighted by molar-refractivity contribution is 14.0. The van der Waals surface area contributed by atoms with Gasteiger partial charge >= 0.3 is 0 Å². The Hall–Kier alpha value is -2.00. The quantitative estimate of drug-likeness (QED) is 0.230. The molecule has 3 rings (SSSR count). The number of H-pyrrole nitrogens is 1. The van der Waals surface area contributed by atoms with Gasteiger partial charge in [0.05, 0.1) is 12.3 Å². The van der Waals surface area contributed by atoms with Crippen molar-refractivity contribution in [2.75, 3.05) is 33.2 Å². The summed E-state index contributed by atoms with van der Waals surface area (Å²) >= 11 is 0. The summed E-state index contributed by atoms with van der Waals surface area (Å²) < 4.78 is 5.67. The SMILES string of the molecule is CCN(CC)C(CNC(=NC)NCCc1c[nH]c2ccccc12)c1ccco1.I. The number of aliphatic imine (C=N–C) groups is 1. The molecule has 7 heteroatoms. The number of furan rings is 1. The van der Waals surface area contributed by atoms with E-state index in [9.17, 15) is 0 Å². The first-order chi connectivity index (χ1) is 13.8. The van der Waals surface area contributed by atoms with E-state index >= 15 is 0 Å². The van der Waals surface area contributed by atoms with Gasteiger partial charge in [0, 0.05) is 37.2 Å². The number of nitrogens with one attached hydrogen (secondary N) is 3. The molecule has 0 amide bonds. The fourth-order valence-corrected chi connectivity index (χ4v) is 3.62. The van der Waals surface area contributed by atoms with Crippen molar-refractivity contribution in [3.05, 3.63) is 60.2 Å². The summed E-state index contributed by atoms with van der Waals surface area (Å²) in [5.41, 5.74) is 2.50. The molecule has 3 N–H and O–H groups in total. The lowest BCUT2D eigenvalue weighted by molar-refractivity contribution is 0.193. The molecule has 0 spiro atoms. The summed E-state index contributed by atoms with van der Waals surface area (Å²) in [6.45, 7) is 7.84. The van der Waals surface area contributed by atoms with Crippen LogP contribution in [0, 0.1) is 0 Å². The maximum Gasteiger partial charge on any atom is 0.191 e. The van der Waals surface area contributed by atoms with Gasteiger partial charge in [0.15, 0.2) is 5.96 Å². The molecule has 0 aliphatic heterocycles. The second-order valence-electron chi connectivity index (χ2n) is 6.74. The Bertz CT molecular complexity index is 870. The first-order valence-corrected chi connectivity index (χ1v) is 10.0. The van der Waals surface area contributed by atoms with E-state index in [-0.39, 0.29) is 30.0 Å². The van der Waals surface area contributed by atoms with Crippen molar-refractivity contribution in [3.8, 4) is 0 Å². The number of aromatic amines is 1. The predicted octanol–water partition coefficient (Wildman–Crippen LogP) is 4.17. The molecule has 0 aliphatic rings. The monoisotopic (exact) mass is 509 g/mol. The second kappa shape index (κ2) is 11.9. The Morgan fingerprint density at radius 1 is 1.14 bits per heavy atom. The van der Waals surface area contributed by atoms with Gasteiger partial charge in [-0.1, -0.05) is 32.0 Å². The molecule has 2 heterocycles. The highest BCUT2D eigenvalue weighted by Gasteiger charge is 2.20. The van der Waals surface area contributed by atoms with Gasteiger partial charge in [-0.15, -0.1) is 24.0 Å². The number of halogens is 1. The number of hydrogen-bond donors (Lipinski definition) is 3. The molecule has 1 unspecified atom stereocenters. The van der Waals surface area contributed by atoms with E-state index in [0.29, 0.717) is 0 Å². The maximum atomic E-state index is 5.67. The Morgan fingerprint density at radius 3 is 2.62 bits per heavy atom. The van der Waals surface area contributed by atoms with Crippen LogP contribution in [-0.4, -0.2) is 49.1 Å². The first-order valence-electron chi connectivity index (χ1n) is 10.0. The van der Waals surface area contributed by atoms with Gasteiger partial charge < -0.3 is 20.0 Å². The van der Waals surface area contributed by atoms with Crippen LogP contribution >= 0.6 is 24.0 Å². The zero-order valence-corrected chi connectivity index (χ0v) is 19.8. The van der Waals surface area contributed by atoms with Crippen molar-refractivity contribution in [1.82, 2.24) is 20.5 Å².